The number of thioether (sulfide) groups is 2. The van der Waals surface area contributed by atoms with Gasteiger partial charge in [0.2, 0.25) is 11.6 Å². The molecule has 2 nitrogen and oxygen atoms in total. The van der Waals surface area contributed by atoms with Crippen molar-refractivity contribution in [2.24, 2.45) is 0 Å². The third kappa shape index (κ3) is 11.3. The highest BCUT2D eigenvalue weighted by Crippen LogP contribution is 2.38. The maximum absolute atomic E-state index is 13.2. The second kappa shape index (κ2) is 19.2. The van der Waals surface area contributed by atoms with Crippen molar-refractivity contribution in [3.05, 3.63) is 45.2 Å². The van der Waals surface area contributed by atoms with E-state index in [4.69, 9.17) is 0 Å². The molecule has 0 saturated heterocycles. The van der Waals surface area contributed by atoms with Crippen LogP contribution < -0.4 is 0 Å². The number of unbranched alkanes of at least 4 members (excludes halogenated alkanes) is 15. The zero-order valence-electron chi connectivity index (χ0n) is 22.4. The lowest BCUT2D eigenvalue weighted by Gasteiger charge is -2.20. The highest BCUT2D eigenvalue weighted by Gasteiger charge is 2.32. The molecule has 0 saturated carbocycles. The molecule has 0 fully saturated rings. The summed E-state index contributed by atoms with van der Waals surface area (Å²) in [5.74, 6) is 1.93. The van der Waals surface area contributed by atoms with Crippen molar-refractivity contribution in [3.63, 3.8) is 0 Å². The Hall–Kier alpha value is -1.00. The van der Waals surface area contributed by atoms with Gasteiger partial charge < -0.3 is 0 Å². The van der Waals surface area contributed by atoms with Gasteiger partial charge in [-0.3, -0.25) is 9.59 Å². The normalized spacial score (nSPS) is 13.5. The minimum Gasteiger partial charge on any atom is -0.288 e. The summed E-state index contributed by atoms with van der Waals surface area (Å²) in [6.07, 6.45) is 22.3. The molecule has 0 N–H and O–H groups in total. The molecule has 4 heteroatoms. The van der Waals surface area contributed by atoms with Gasteiger partial charge in [0.1, 0.15) is 0 Å². The lowest BCUT2D eigenvalue weighted by atomic mass is 9.94. The molecular weight excluding hydrogens is 468 g/mol. The van der Waals surface area contributed by atoms with E-state index in [1.165, 1.54) is 89.9 Å². The molecule has 1 aliphatic rings. The molecule has 0 aliphatic heterocycles. The van der Waals surface area contributed by atoms with Crippen LogP contribution in [-0.4, -0.2) is 23.1 Å². The number of hydrogen-bond acceptors (Lipinski definition) is 4. The van der Waals surface area contributed by atoms with E-state index in [1.807, 2.05) is 12.1 Å². The molecule has 0 aromatic heterocycles. The molecule has 2 rings (SSSR count). The van der Waals surface area contributed by atoms with Gasteiger partial charge in [0.25, 0.3) is 0 Å². The van der Waals surface area contributed by atoms with E-state index in [1.54, 1.807) is 35.7 Å². The molecule has 35 heavy (non-hydrogen) atoms. The van der Waals surface area contributed by atoms with E-state index in [0.29, 0.717) is 20.9 Å². The summed E-state index contributed by atoms with van der Waals surface area (Å²) >= 11 is 3.21. The molecule has 1 aromatic rings. The molecule has 1 aliphatic carbocycles. The van der Waals surface area contributed by atoms with Crippen LogP contribution in [0.4, 0.5) is 0 Å². The average molecular weight is 517 g/mol. The maximum atomic E-state index is 13.2. The Labute approximate surface area is 223 Å². The predicted molar refractivity (Wildman–Crippen MR) is 157 cm³/mol. The van der Waals surface area contributed by atoms with Crippen molar-refractivity contribution in [2.75, 3.05) is 11.5 Å². The standard InChI is InChI=1S/C31H48O2S2/c1-3-5-7-8-9-10-11-12-13-14-15-16-17-21-25-35-31-29(33)27-23-19-18-22-26(27)28(32)30(31)34-24-20-6-4-2/h18-19,22-23H,3-17,20-21,24-25H2,1-2H3. The van der Waals surface area contributed by atoms with Crippen molar-refractivity contribution in [3.8, 4) is 0 Å². The fraction of sp³-hybridized carbons (Fsp3) is 0.677. The monoisotopic (exact) mass is 516 g/mol. The largest absolute Gasteiger partial charge is 0.288 e. The van der Waals surface area contributed by atoms with Gasteiger partial charge in [0.05, 0.1) is 9.81 Å². The number of fused-ring (bicyclic) bond motifs is 1. The van der Waals surface area contributed by atoms with E-state index in [0.717, 1.165) is 30.8 Å². The van der Waals surface area contributed by atoms with E-state index in [-0.39, 0.29) is 11.6 Å². The number of Topliss-reactive ketones (excluding diaryl/α,β-unsaturated/α-hetero) is 2. The van der Waals surface area contributed by atoms with Gasteiger partial charge >= 0.3 is 0 Å². The van der Waals surface area contributed by atoms with Gasteiger partial charge in [-0.25, -0.2) is 0 Å². The summed E-state index contributed by atoms with van der Waals surface area (Å²) in [6, 6.07) is 7.33. The molecule has 0 atom stereocenters. The third-order valence-corrected chi connectivity index (χ3v) is 9.24. The van der Waals surface area contributed by atoms with Crippen LogP contribution in [0.2, 0.25) is 0 Å². The Balaban J connectivity index is 1.66. The van der Waals surface area contributed by atoms with Crippen LogP contribution in [0.15, 0.2) is 34.1 Å². The van der Waals surface area contributed by atoms with Crippen LogP contribution in [0, 0.1) is 0 Å². The highest BCUT2D eigenvalue weighted by atomic mass is 32.2. The van der Waals surface area contributed by atoms with E-state index < -0.39 is 0 Å². The van der Waals surface area contributed by atoms with Crippen molar-refractivity contribution < 1.29 is 9.59 Å². The van der Waals surface area contributed by atoms with E-state index in [2.05, 4.69) is 13.8 Å². The first-order valence-electron chi connectivity index (χ1n) is 14.4. The maximum Gasteiger partial charge on any atom is 0.201 e. The topological polar surface area (TPSA) is 34.1 Å². The van der Waals surface area contributed by atoms with Gasteiger partial charge in [0, 0.05) is 11.1 Å². The highest BCUT2D eigenvalue weighted by molar-refractivity contribution is 8.08. The van der Waals surface area contributed by atoms with E-state index in [9.17, 15) is 9.59 Å². The third-order valence-electron chi connectivity index (χ3n) is 6.77. The summed E-state index contributed by atoms with van der Waals surface area (Å²) in [7, 11) is 0. The van der Waals surface area contributed by atoms with Gasteiger partial charge in [-0.05, 0) is 24.3 Å². The number of rotatable bonds is 21. The number of hydrogen-bond donors (Lipinski definition) is 0. The SMILES string of the molecule is CCCCCCCCCCCCCCCCSC1=C(SCCCCC)C(=O)c2ccccc2C1=O. The van der Waals surface area contributed by atoms with Crippen molar-refractivity contribution >= 4 is 35.1 Å². The Morgan fingerprint density at radius 1 is 0.486 bits per heavy atom. The molecule has 1 aromatic carbocycles. The zero-order chi connectivity index (χ0) is 25.1. The smallest absolute Gasteiger partial charge is 0.201 e. The Kier molecular flexibility index (Phi) is 16.5. The first kappa shape index (κ1) is 30.2. The van der Waals surface area contributed by atoms with Gasteiger partial charge in [-0.15, -0.1) is 23.5 Å². The first-order valence-corrected chi connectivity index (χ1v) is 16.4. The summed E-state index contributed by atoms with van der Waals surface area (Å²) in [5.41, 5.74) is 1.16. The Morgan fingerprint density at radius 2 is 0.800 bits per heavy atom. The second-order valence-electron chi connectivity index (χ2n) is 9.86. The lowest BCUT2D eigenvalue weighted by Crippen LogP contribution is -2.20. The predicted octanol–water partition coefficient (Wildman–Crippen LogP) is 10.4. The molecule has 0 heterocycles. The molecule has 196 valence electrons. The quantitative estimate of drug-likeness (QED) is 0.152. The minimum absolute atomic E-state index is 0.0464. The zero-order valence-corrected chi connectivity index (χ0v) is 24.0. The minimum atomic E-state index is 0.0464. The Morgan fingerprint density at radius 3 is 1.20 bits per heavy atom. The number of carbonyl (C=O) groups excluding carboxylic acids is 2. The number of ketones is 2. The summed E-state index contributed by atoms with van der Waals surface area (Å²) in [4.78, 5) is 27.7. The number of allylic oxidation sites excluding steroid dienone is 2. The van der Waals surface area contributed by atoms with Gasteiger partial charge in [-0.2, -0.15) is 0 Å². The summed E-state index contributed by atoms with van der Waals surface area (Å²) < 4.78 is 0. The van der Waals surface area contributed by atoms with Crippen LogP contribution in [-0.2, 0) is 0 Å². The second-order valence-corrected chi connectivity index (χ2v) is 12.1. The van der Waals surface area contributed by atoms with Gasteiger partial charge in [0.15, 0.2) is 0 Å². The molecule has 0 bridgehead atoms. The van der Waals surface area contributed by atoms with Crippen LogP contribution >= 0.6 is 23.5 Å². The number of carbonyl (C=O) groups is 2. The Bertz CT molecular complexity index is 784. The molecule has 0 spiro atoms. The molecule has 0 amide bonds. The summed E-state index contributed by atoms with van der Waals surface area (Å²) in [5, 5.41) is 0. The van der Waals surface area contributed by atoms with Gasteiger partial charge in [-0.1, -0.05) is 134 Å². The van der Waals surface area contributed by atoms with Crippen molar-refractivity contribution in [1.29, 1.82) is 0 Å². The molecular formula is C31H48O2S2. The number of benzene rings is 1. The van der Waals surface area contributed by atoms with E-state index >= 15 is 0 Å². The van der Waals surface area contributed by atoms with Crippen LogP contribution in [0.1, 0.15) is 144 Å². The van der Waals surface area contributed by atoms with Crippen molar-refractivity contribution in [1.82, 2.24) is 0 Å². The first-order chi connectivity index (χ1) is 17.2. The molecule has 0 unspecified atom stereocenters. The van der Waals surface area contributed by atoms with Crippen molar-refractivity contribution in [2.45, 2.75) is 123 Å². The lowest BCUT2D eigenvalue weighted by molar-refractivity contribution is 0.0988. The molecule has 0 radical (unpaired) electrons. The fourth-order valence-corrected chi connectivity index (χ4v) is 6.98. The van der Waals surface area contributed by atoms with Crippen LogP contribution in [0.25, 0.3) is 0 Å². The fourth-order valence-electron chi connectivity index (χ4n) is 4.59. The van der Waals surface area contributed by atoms with Crippen LogP contribution in [0.5, 0.6) is 0 Å². The van der Waals surface area contributed by atoms with Crippen LogP contribution in [0.3, 0.4) is 0 Å². The summed E-state index contributed by atoms with van der Waals surface area (Å²) in [6.45, 7) is 4.47. The average Bonchev–Trinajstić information content (AvgIpc) is 2.88.